The number of thioether (sulfide) groups is 1. The summed E-state index contributed by atoms with van der Waals surface area (Å²) in [5.74, 6) is -0.353. The van der Waals surface area contributed by atoms with Crippen molar-refractivity contribution in [2.75, 3.05) is 11.9 Å². The van der Waals surface area contributed by atoms with E-state index in [0.29, 0.717) is 6.61 Å². The molecule has 4 nitrogen and oxygen atoms in total. The average molecular weight is 353 g/mol. The largest absolute Gasteiger partial charge is 0.463 e. The van der Waals surface area contributed by atoms with E-state index in [-0.39, 0.29) is 17.1 Å². The number of fused-ring (bicyclic) bond motifs is 1. The van der Waals surface area contributed by atoms with E-state index >= 15 is 0 Å². The third-order valence-electron chi connectivity index (χ3n) is 3.82. The summed E-state index contributed by atoms with van der Waals surface area (Å²) in [6.07, 6.45) is 3.84. The molecule has 1 heterocycles. The molecule has 1 N–H and O–H groups in total. The third-order valence-corrected chi connectivity index (χ3v) is 5.13. The van der Waals surface area contributed by atoms with Crippen LogP contribution in [0.1, 0.15) is 18.1 Å². The number of hydrogen-bond acceptors (Lipinski definition) is 4. The van der Waals surface area contributed by atoms with Gasteiger partial charge < -0.3 is 10.1 Å². The Bertz CT molecular complexity index is 774. The highest BCUT2D eigenvalue weighted by Gasteiger charge is 2.27. The van der Waals surface area contributed by atoms with E-state index in [1.165, 1.54) is 16.5 Å². The van der Waals surface area contributed by atoms with E-state index in [4.69, 9.17) is 4.74 Å². The first-order valence-corrected chi connectivity index (χ1v) is 9.04. The van der Waals surface area contributed by atoms with Crippen LogP contribution in [0.15, 0.2) is 59.5 Å². The van der Waals surface area contributed by atoms with Crippen LogP contribution in [-0.4, -0.2) is 23.7 Å². The summed E-state index contributed by atoms with van der Waals surface area (Å²) in [5, 5.41) is 2.86. The molecule has 1 unspecified atom stereocenters. The van der Waals surface area contributed by atoms with Crippen LogP contribution in [0.3, 0.4) is 0 Å². The van der Waals surface area contributed by atoms with Gasteiger partial charge in [-0.25, -0.2) is 4.79 Å². The van der Waals surface area contributed by atoms with Crippen LogP contribution in [0.5, 0.6) is 0 Å². The quantitative estimate of drug-likeness (QED) is 0.654. The van der Waals surface area contributed by atoms with Crippen molar-refractivity contribution in [3.8, 4) is 0 Å². The number of hydrogen-bond donors (Lipinski definition) is 1. The predicted molar refractivity (Wildman–Crippen MR) is 101 cm³/mol. The topological polar surface area (TPSA) is 55.4 Å². The fraction of sp³-hybridized carbons (Fsp3) is 0.200. The van der Waals surface area contributed by atoms with Crippen molar-refractivity contribution in [3.05, 3.63) is 65.7 Å². The molecule has 0 fully saturated rings. The van der Waals surface area contributed by atoms with Crippen molar-refractivity contribution in [1.29, 1.82) is 0 Å². The number of esters is 1. The van der Waals surface area contributed by atoms with E-state index in [1.54, 1.807) is 24.8 Å². The second-order valence-corrected chi connectivity index (χ2v) is 6.86. The summed E-state index contributed by atoms with van der Waals surface area (Å²) in [6, 6.07) is 15.5. The lowest BCUT2D eigenvalue weighted by atomic mass is 10.1. The van der Waals surface area contributed by atoms with Gasteiger partial charge in [-0.3, -0.25) is 4.79 Å². The number of nitrogens with one attached hydrogen (secondary N) is 1. The van der Waals surface area contributed by atoms with Gasteiger partial charge in [-0.1, -0.05) is 30.3 Å². The molecule has 0 aliphatic carbocycles. The van der Waals surface area contributed by atoms with Crippen molar-refractivity contribution in [2.45, 2.75) is 23.5 Å². The Morgan fingerprint density at radius 3 is 2.68 bits per heavy atom. The highest BCUT2D eigenvalue weighted by atomic mass is 32.2. The first-order valence-electron chi connectivity index (χ1n) is 8.16. The number of rotatable bonds is 5. The number of benzene rings is 2. The molecule has 5 heteroatoms. The van der Waals surface area contributed by atoms with Crippen molar-refractivity contribution in [3.63, 3.8) is 0 Å². The molecule has 128 valence electrons. The van der Waals surface area contributed by atoms with E-state index in [2.05, 4.69) is 17.4 Å². The molecule has 0 saturated carbocycles. The fourth-order valence-corrected chi connectivity index (χ4v) is 3.78. The first kappa shape index (κ1) is 17.3. The summed E-state index contributed by atoms with van der Waals surface area (Å²) in [4.78, 5) is 24.9. The summed E-state index contributed by atoms with van der Waals surface area (Å²) >= 11 is 1.61. The lowest BCUT2D eigenvalue weighted by Gasteiger charge is -2.10. The van der Waals surface area contributed by atoms with Gasteiger partial charge in [0, 0.05) is 16.7 Å². The van der Waals surface area contributed by atoms with Crippen molar-refractivity contribution in [2.24, 2.45) is 0 Å². The Morgan fingerprint density at radius 1 is 1.20 bits per heavy atom. The fourth-order valence-electron chi connectivity index (χ4n) is 2.58. The Morgan fingerprint density at radius 2 is 1.96 bits per heavy atom. The Labute approximate surface area is 151 Å². The molecule has 1 aliphatic heterocycles. The van der Waals surface area contributed by atoms with E-state index in [0.717, 1.165) is 17.7 Å². The van der Waals surface area contributed by atoms with Gasteiger partial charge in [-0.05, 0) is 48.7 Å². The summed E-state index contributed by atoms with van der Waals surface area (Å²) in [6.45, 7) is 2.13. The van der Waals surface area contributed by atoms with E-state index < -0.39 is 0 Å². The molecule has 1 amide bonds. The van der Waals surface area contributed by atoms with Crippen molar-refractivity contribution in [1.82, 2.24) is 0 Å². The molecule has 3 rings (SSSR count). The summed E-state index contributed by atoms with van der Waals surface area (Å²) < 4.78 is 4.84. The van der Waals surface area contributed by atoms with Gasteiger partial charge in [0.05, 0.1) is 11.9 Å². The van der Waals surface area contributed by atoms with Crippen molar-refractivity contribution >= 4 is 35.4 Å². The molecule has 25 heavy (non-hydrogen) atoms. The van der Waals surface area contributed by atoms with Gasteiger partial charge in [-0.2, -0.15) is 0 Å². The minimum Gasteiger partial charge on any atom is -0.463 e. The maximum absolute atomic E-state index is 12.4. The van der Waals surface area contributed by atoms with Gasteiger partial charge in [0.25, 0.3) is 0 Å². The maximum atomic E-state index is 12.4. The predicted octanol–water partition coefficient (Wildman–Crippen LogP) is 3.92. The van der Waals surface area contributed by atoms with Crippen LogP contribution in [-0.2, 0) is 20.7 Å². The van der Waals surface area contributed by atoms with Crippen molar-refractivity contribution < 1.29 is 14.3 Å². The zero-order chi connectivity index (χ0) is 17.6. The standard InChI is InChI=1S/C20H19NO3S/c1-2-24-19(22)12-9-14-7-10-16(11-8-14)21-20(23)18-13-15-5-3-4-6-17(15)25-18/h3-12,18H,2,13H2,1H3,(H,21,23)/b12-9+. The molecule has 2 aromatic rings. The minimum atomic E-state index is -0.363. The normalized spacial score (nSPS) is 15.8. The zero-order valence-electron chi connectivity index (χ0n) is 13.9. The van der Waals surface area contributed by atoms with Gasteiger partial charge in [-0.15, -0.1) is 11.8 Å². The minimum absolute atomic E-state index is 0.0102. The van der Waals surface area contributed by atoms with Crippen LogP contribution in [0.4, 0.5) is 5.69 Å². The molecule has 2 aromatic carbocycles. The van der Waals surface area contributed by atoms with Gasteiger partial charge in [0.15, 0.2) is 0 Å². The number of carbonyl (C=O) groups is 2. The average Bonchev–Trinajstić information content (AvgIpc) is 3.06. The Balaban J connectivity index is 1.57. The molecule has 1 aliphatic rings. The van der Waals surface area contributed by atoms with Crippen LogP contribution < -0.4 is 5.32 Å². The highest BCUT2D eigenvalue weighted by molar-refractivity contribution is 8.01. The zero-order valence-corrected chi connectivity index (χ0v) is 14.7. The molecule has 0 spiro atoms. The number of anilines is 1. The molecular formula is C20H19NO3S. The summed E-state index contributed by atoms with van der Waals surface area (Å²) in [7, 11) is 0. The summed E-state index contributed by atoms with van der Waals surface area (Å²) in [5.41, 5.74) is 2.84. The molecule has 0 bridgehead atoms. The molecule has 0 aromatic heterocycles. The SMILES string of the molecule is CCOC(=O)/C=C/c1ccc(NC(=O)C2Cc3ccccc3S2)cc1. The monoisotopic (exact) mass is 353 g/mol. The second-order valence-electron chi connectivity index (χ2n) is 5.61. The van der Waals surface area contributed by atoms with Gasteiger partial charge in [0.2, 0.25) is 5.91 Å². The van der Waals surface area contributed by atoms with Gasteiger partial charge in [0.1, 0.15) is 0 Å². The Hall–Kier alpha value is -2.53. The maximum Gasteiger partial charge on any atom is 0.330 e. The first-order chi connectivity index (χ1) is 12.2. The van der Waals surface area contributed by atoms with Crippen LogP contribution in [0, 0.1) is 0 Å². The third kappa shape index (κ3) is 4.51. The molecule has 0 saturated heterocycles. The number of ether oxygens (including phenoxy) is 1. The number of carbonyl (C=O) groups excluding carboxylic acids is 2. The van der Waals surface area contributed by atoms with E-state index in [1.807, 2.05) is 36.4 Å². The van der Waals surface area contributed by atoms with Crippen LogP contribution in [0.2, 0.25) is 0 Å². The van der Waals surface area contributed by atoms with Crippen LogP contribution in [0.25, 0.3) is 6.08 Å². The smallest absolute Gasteiger partial charge is 0.330 e. The lowest BCUT2D eigenvalue weighted by molar-refractivity contribution is -0.137. The molecule has 0 radical (unpaired) electrons. The second kappa shape index (κ2) is 8.03. The highest BCUT2D eigenvalue weighted by Crippen LogP contribution is 2.37. The Kier molecular flexibility index (Phi) is 5.56. The van der Waals surface area contributed by atoms with E-state index in [9.17, 15) is 9.59 Å². The number of amides is 1. The molecule has 1 atom stereocenters. The van der Waals surface area contributed by atoms with Crippen LogP contribution >= 0.6 is 11.8 Å². The molecular weight excluding hydrogens is 334 g/mol. The van der Waals surface area contributed by atoms with Gasteiger partial charge >= 0.3 is 5.97 Å². The lowest BCUT2D eigenvalue weighted by Crippen LogP contribution is -2.24.